The summed E-state index contributed by atoms with van der Waals surface area (Å²) in [7, 11) is 0. The lowest BCUT2D eigenvalue weighted by molar-refractivity contribution is 1.12. The van der Waals surface area contributed by atoms with Crippen molar-refractivity contribution >= 4 is 15.9 Å². The molecule has 4 rings (SSSR count). The smallest absolute Gasteiger partial charge is 0.197 e. The zero-order valence-corrected chi connectivity index (χ0v) is 17.0. The van der Waals surface area contributed by atoms with E-state index in [2.05, 4.69) is 86.6 Å². The largest absolute Gasteiger partial charge is 0.222 e. The minimum atomic E-state index is 0.594. The summed E-state index contributed by atoms with van der Waals surface area (Å²) in [6, 6.07) is 31.0. The first-order valence-corrected chi connectivity index (χ1v) is 9.85. The predicted molar refractivity (Wildman–Crippen MR) is 117 cm³/mol. The van der Waals surface area contributed by atoms with Crippen LogP contribution < -0.4 is 0 Å². The van der Waals surface area contributed by atoms with Gasteiger partial charge in [-0.2, -0.15) is 0 Å². The first-order valence-electron chi connectivity index (χ1n) is 9.05. The van der Waals surface area contributed by atoms with Crippen LogP contribution in [0.25, 0.3) is 33.6 Å². The van der Waals surface area contributed by atoms with Crippen molar-refractivity contribution in [3.63, 3.8) is 0 Å². The number of rotatable bonds is 3. The highest BCUT2D eigenvalue weighted by Crippen LogP contribution is 2.27. The van der Waals surface area contributed by atoms with Gasteiger partial charge in [0.15, 0.2) is 4.73 Å². The SMILES string of the molecule is Brc1nc(-c2ccccc2)cc(-c2ccc(-c3ccccc3)cc2)n1.CC. The van der Waals surface area contributed by atoms with Crippen LogP contribution >= 0.6 is 15.9 Å². The second kappa shape index (κ2) is 9.24. The third kappa shape index (κ3) is 4.69. The molecule has 0 fully saturated rings. The second-order valence-electron chi connectivity index (χ2n) is 5.72. The van der Waals surface area contributed by atoms with Crippen LogP contribution in [0.4, 0.5) is 0 Å². The molecule has 0 unspecified atom stereocenters. The molecule has 3 aromatic carbocycles. The molecule has 0 saturated heterocycles. The molecular formula is C24H21BrN2. The average Bonchev–Trinajstić information content (AvgIpc) is 2.76. The quantitative estimate of drug-likeness (QED) is 0.328. The van der Waals surface area contributed by atoms with E-state index in [0.29, 0.717) is 4.73 Å². The number of benzene rings is 3. The Morgan fingerprint density at radius 2 is 0.889 bits per heavy atom. The highest BCUT2D eigenvalue weighted by molar-refractivity contribution is 9.10. The molecule has 0 N–H and O–H groups in total. The molecule has 0 aliphatic heterocycles. The van der Waals surface area contributed by atoms with E-state index in [1.165, 1.54) is 11.1 Å². The molecule has 2 nitrogen and oxygen atoms in total. The maximum Gasteiger partial charge on any atom is 0.197 e. The molecule has 0 aliphatic rings. The van der Waals surface area contributed by atoms with Crippen LogP contribution in [-0.4, -0.2) is 9.97 Å². The van der Waals surface area contributed by atoms with Crippen molar-refractivity contribution in [3.8, 4) is 33.6 Å². The summed E-state index contributed by atoms with van der Waals surface area (Å²) in [4.78, 5) is 9.04. The Morgan fingerprint density at radius 1 is 0.519 bits per heavy atom. The fourth-order valence-electron chi connectivity index (χ4n) is 2.79. The summed E-state index contributed by atoms with van der Waals surface area (Å²) in [6.07, 6.45) is 0. The molecule has 1 aromatic heterocycles. The number of aromatic nitrogens is 2. The van der Waals surface area contributed by atoms with Crippen LogP contribution in [-0.2, 0) is 0 Å². The van der Waals surface area contributed by atoms with E-state index in [-0.39, 0.29) is 0 Å². The van der Waals surface area contributed by atoms with Gasteiger partial charge in [0.05, 0.1) is 11.4 Å². The molecule has 27 heavy (non-hydrogen) atoms. The minimum Gasteiger partial charge on any atom is -0.222 e. The molecule has 0 bridgehead atoms. The fourth-order valence-corrected chi connectivity index (χ4v) is 3.17. The van der Waals surface area contributed by atoms with Gasteiger partial charge in [0, 0.05) is 11.1 Å². The van der Waals surface area contributed by atoms with Gasteiger partial charge in [-0.05, 0) is 33.1 Å². The Labute approximate surface area is 169 Å². The molecule has 0 amide bonds. The van der Waals surface area contributed by atoms with Crippen molar-refractivity contribution in [1.29, 1.82) is 0 Å². The van der Waals surface area contributed by atoms with Crippen LogP contribution in [0.3, 0.4) is 0 Å². The highest BCUT2D eigenvalue weighted by Gasteiger charge is 2.07. The number of hydrogen-bond acceptors (Lipinski definition) is 2. The Balaban J connectivity index is 0.00000102. The average molecular weight is 417 g/mol. The molecule has 4 aromatic rings. The Hall–Kier alpha value is -2.78. The summed E-state index contributed by atoms with van der Waals surface area (Å²) in [6.45, 7) is 4.00. The Kier molecular flexibility index (Phi) is 6.50. The molecule has 0 radical (unpaired) electrons. The van der Waals surface area contributed by atoms with Gasteiger partial charge in [-0.25, -0.2) is 9.97 Å². The number of halogens is 1. The van der Waals surface area contributed by atoms with Crippen molar-refractivity contribution < 1.29 is 0 Å². The maximum atomic E-state index is 4.54. The van der Waals surface area contributed by atoms with Gasteiger partial charge in [0.1, 0.15) is 0 Å². The van der Waals surface area contributed by atoms with Crippen LogP contribution in [0.5, 0.6) is 0 Å². The van der Waals surface area contributed by atoms with Gasteiger partial charge in [0.2, 0.25) is 0 Å². The molecule has 1 heterocycles. The topological polar surface area (TPSA) is 25.8 Å². The molecular weight excluding hydrogens is 396 g/mol. The lowest BCUT2D eigenvalue weighted by Gasteiger charge is -2.07. The van der Waals surface area contributed by atoms with E-state index in [9.17, 15) is 0 Å². The molecule has 0 saturated carbocycles. The van der Waals surface area contributed by atoms with E-state index in [4.69, 9.17) is 0 Å². The van der Waals surface area contributed by atoms with E-state index < -0.39 is 0 Å². The third-order valence-electron chi connectivity index (χ3n) is 4.06. The van der Waals surface area contributed by atoms with Crippen LogP contribution in [0, 0.1) is 0 Å². The van der Waals surface area contributed by atoms with Crippen molar-refractivity contribution in [2.24, 2.45) is 0 Å². The summed E-state index contributed by atoms with van der Waals surface area (Å²) in [5.41, 5.74) is 6.36. The van der Waals surface area contributed by atoms with Gasteiger partial charge < -0.3 is 0 Å². The molecule has 0 aliphatic carbocycles. The monoisotopic (exact) mass is 416 g/mol. The molecule has 0 atom stereocenters. The summed E-state index contributed by atoms with van der Waals surface area (Å²) in [5.74, 6) is 0. The Morgan fingerprint density at radius 3 is 1.41 bits per heavy atom. The van der Waals surface area contributed by atoms with Gasteiger partial charge in [-0.15, -0.1) is 0 Å². The molecule has 0 spiro atoms. The van der Waals surface area contributed by atoms with Crippen LogP contribution in [0.1, 0.15) is 13.8 Å². The van der Waals surface area contributed by atoms with E-state index in [1.54, 1.807) is 0 Å². The van der Waals surface area contributed by atoms with Gasteiger partial charge in [-0.1, -0.05) is 98.8 Å². The van der Waals surface area contributed by atoms with Gasteiger partial charge in [0.25, 0.3) is 0 Å². The van der Waals surface area contributed by atoms with Crippen molar-refractivity contribution in [2.75, 3.05) is 0 Å². The summed E-state index contributed by atoms with van der Waals surface area (Å²) >= 11 is 3.44. The zero-order valence-electron chi connectivity index (χ0n) is 15.4. The standard InChI is InChI=1S/C22H15BrN2.C2H6/c23-22-24-20(18-9-5-2-6-10-18)15-21(25-22)19-13-11-17(12-14-19)16-7-3-1-4-8-16;1-2/h1-15H;1-2H3. The van der Waals surface area contributed by atoms with Crippen LogP contribution in [0.2, 0.25) is 0 Å². The number of hydrogen-bond donors (Lipinski definition) is 0. The van der Waals surface area contributed by atoms with Gasteiger partial charge >= 0.3 is 0 Å². The number of nitrogens with zero attached hydrogens (tertiary/aromatic N) is 2. The maximum absolute atomic E-state index is 4.54. The first kappa shape index (κ1) is 19.0. The van der Waals surface area contributed by atoms with E-state index >= 15 is 0 Å². The van der Waals surface area contributed by atoms with Crippen molar-refractivity contribution in [2.45, 2.75) is 13.8 Å². The summed E-state index contributed by atoms with van der Waals surface area (Å²) < 4.78 is 0.594. The lowest BCUT2D eigenvalue weighted by atomic mass is 10.0. The normalized spacial score (nSPS) is 10.0. The van der Waals surface area contributed by atoms with Crippen LogP contribution in [0.15, 0.2) is 95.7 Å². The third-order valence-corrected chi connectivity index (χ3v) is 4.41. The van der Waals surface area contributed by atoms with Crippen molar-refractivity contribution in [1.82, 2.24) is 9.97 Å². The van der Waals surface area contributed by atoms with Gasteiger partial charge in [-0.3, -0.25) is 0 Å². The second-order valence-corrected chi connectivity index (χ2v) is 6.43. The Bertz CT molecular complexity index is 982. The van der Waals surface area contributed by atoms with Crippen molar-refractivity contribution in [3.05, 3.63) is 95.7 Å². The predicted octanol–water partition coefficient (Wildman–Crippen LogP) is 7.27. The fraction of sp³-hybridized carbons (Fsp3) is 0.0833. The minimum absolute atomic E-state index is 0.594. The molecule has 134 valence electrons. The summed E-state index contributed by atoms with van der Waals surface area (Å²) in [5, 5.41) is 0. The lowest BCUT2D eigenvalue weighted by Crippen LogP contribution is -1.92. The molecule has 3 heteroatoms. The van der Waals surface area contributed by atoms with E-state index in [0.717, 1.165) is 22.5 Å². The first-order chi connectivity index (χ1) is 13.3. The zero-order chi connectivity index (χ0) is 19.1. The van der Waals surface area contributed by atoms with E-state index in [1.807, 2.05) is 44.2 Å². The highest BCUT2D eigenvalue weighted by atomic mass is 79.9.